The van der Waals surface area contributed by atoms with Gasteiger partial charge >= 0.3 is 11.9 Å². The summed E-state index contributed by atoms with van der Waals surface area (Å²) in [5, 5.41) is 10.4. The summed E-state index contributed by atoms with van der Waals surface area (Å²) in [5.74, 6) is -0.946. The van der Waals surface area contributed by atoms with Gasteiger partial charge in [0, 0.05) is 6.07 Å². The maximum Gasteiger partial charge on any atom is 0.343 e. The monoisotopic (exact) mass is 479 g/mol. The van der Waals surface area contributed by atoms with Crippen molar-refractivity contribution in [1.29, 1.82) is 5.26 Å². The number of thiocyanates is 1. The fraction of sp³-hybridized carbons (Fsp3) is 0.192. The summed E-state index contributed by atoms with van der Waals surface area (Å²) < 4.78 is 30.0. The average molecular weight is 480 g/mol. The molecule has 0 aliphatic rings. The summed E-state index contributed by atoms with van der Waals surface area (Å²) in [6, 6.07) is 16.3. The normalized spacial score (nSPS) is 10.3. The van der Waals surface area contributed by atoms with Crippen LogP contribution in [0.5, 0.6) is 17.2 Å². The zero-order chi connectivity index (χ0) is 24.3. The molecule has 8 heteroatoms. The Balaban J connectivity index is 1.55. The van der Waals surface area contributed by atoms with Crippen LogP contribution in [0.1, 0.15) is 46.9 Å². The molecule has 0 aliphatic heterocycles. The molecule has 0 bridgehead atoms. The molecule has 6 nitrogen and oxygen atoms in total. The molecule has 0 unspecified atom stereocenters. The molecule has 0 aromatic heterocycles. The van der Waals surface area contributed by atoms with Crippen molar-refractivity contribution in [3.63, 3.8) is 0 Å². The molecule has 0 atom stereocenters. The number of hydrogen-bond donors (Lipinski definition) is 0. The van der Waals surface area contributed by atoms with Gasteiger partial charge in [-0.15, -0.1) is 0 Å². The number of carbonyl (C=O) groups is 2. The van der Waals surface area contributed by atoms with E-state index in [2.05, 4.69) is 6.92 Å². The molecular weight excluding hydrogens is 457 g/mol. The number of hydrogen-bond acceptors (Lipinski definition) is 7. The molecule has 3 rings (SSSR count). The van der Waals surface area contributed by atoms with Gasteiger partial charge in [-0.05, 0) is 78.8 Å². The van der Waals surface area contributed by atoms with E-state index in [9.17, 15) is 14.0 Å². The van der Waals surface area contributed by atoms with E-state index >= 15 is 0 Å². The lowest BCUT2D eigenvalue weighted by Crippen LogP contribution is -2.10. The third-order valence-corrected chi connectivity index (χ3v) is 5.32. The number of nitrogens with zero attached hydrogens (tertiary/aromatic N) is 1. The van der Waals surface area contributed by atoms with Gasteiger partial charge in [-0.1, -0.05) is 19.8 Å². The maximum atomic E-state index is 13.9. The standard InChI is InChI=1S/C26H22FNO5S/c1-2-3-4-15-31-20-9-5-18(6-10-20)25(29)32-21-11-7-19(8-12-21)26(30)33-22-13-14-24(34-17-28)23(27)16-22/h5-14,16H,2-4,15H2,1H3. The van der Waals surface area contributed by atoms with Crippen LogP contribution in [0.4, 0.5) is 4.39 Å². The number of thioether (sulfide) groups is 1. The van der Waals surface area contributed by atoms with Gasteiger partial charge in [-0.2, -0.15) is 5.26 Å². The predicted molar refractivity (Wildman–Crippen MR) is 126 cm³/mol. The topological polar surface area (TPSA) is 85.6 Å². The second kappa shape index (κ2) is 12.4. The number of benzene rings is 3. The molecule has 0 saturated carbocycles. The van der Waals surface area contributed by atoms with Crippen molar-refractivity contribution in [2.75, 3.05) is 6.61 Å². The van der Waals surface area contributed by atoms with Crippen LogP contribution in [-0.2, 0) is 0 Å². The van der Waals surface area contributed by atoms with Crippen LogP contribution in [0.25, 0.3) is 0 Å². The zero-order valence-corrected chi connectivity index (χ0v) is 19.3. The molecule has 0 amide bonds. The maximum absolute atomic E-state index is 13.9. The first kappa shape index (κ1) is 24.8. The van der Waals surface area contributed by atoms with E-state index < -0.39 is 17.8 Å². The Bertz CT molecular complexity index is 1170. The highest BCUT2D eigenvalue weighted by Gasteiger charge is 2.13. The second-order valence-electron chi connectivity index (χ2n) is 7.17. The van der Waals surface area contributed by atoms with Gasteiger partial charge < -0.3 is 14.2 Å². The molecule has 0 aliphatic carbocycles. The molecule has 0 heterocycles. The Kier molecular flexibility index (Phi) is 9.06. The summed E-state index contributed by atoms with van der Waals surface area (Å²) in [6.07, 6.45) is 3.21. The highest BCUT2D eigenvalue weighted by Crippen LogP contribution is 2.25. The van der Waals surface area contributed by atoms with Gasteiger partial charge in [0.2, 0.25) is 0 Å². The minimum Gasteiger partial charge on any atom is -0.494 e. The lowest BCUT2D eigenvalue weighted by Gasteiger charge is -2.08. The average Bonchev–Trinajstić information content (AvgIpc) is 2.84. The quantitative estimate of drug-likeness (QED) is 0.109. The van der Waals surface area contributed by atoms with Crippen LogP contribution in [0, 0.1) is 16.5 Å². The van der Waals surface area contributed by atoms with Crippen molar-refractivity contribution in [3.8, 4) is 22.6 Å². The fourth-order valence-corrected chi connectivity index (χ4v) is 3.29. The Morgan fingerprint density at radius 3 is 1.97 bits per heavy atom. The van der Waals surface area contributed by atoms with Gasteiger partial charge in [-0.25, -0.2) is 14.0 Å². The first-order chi connectivity index (χ1) is 16.5. The number of ether oxygens (including phenoxy) is 3. The van der Waals surface area contributed by atoms with Crippen LogP contribution in [-0.4, -0.2) is 18.5 Å². The highest BCUT2D eigenvalue weighted by atomic mass is 32.2. The van der Waals surface area contributed by atoms with Crippen molar-refractivity contribution >= 4 is 23.7 Å². The molecule has 0 fully saturated rings. The van der Waals surface area contributed by atoms with E-state index in [0.29, 0.717) is 29.7 Å². The summed E-state index contributed by atoms with van der Waals surface area (Å²) in [5.41, 5.74) is 0.560. The largest absolute Gasteiger partial charge is 0.494 e. The first-order valence-corrected chi connectivity index (χ1v) is 11.4. The lowest BCUT2D eigenvalue weighted by atomic mass is 10.2. The molecular formula is C26H22FNO5S. The van der Waals surface area contributed by atoms with Crippen molar-refractivity contribution < 1.29 is 28.2 Å². The van der Waals surface area contributed by atoms with Gasteiger partial charge in [0.05, 0.1) is 22.6 Å². The van der Waals surface area contributed by atoms with Crippen LogP contribution >= 0.6 is 11.8 Å². The molecule has 3 aromatic rings. The third kappa shape index (κ3) is 7.09. The zero-order valence-electron chi connectivity index (χ0n) is 18.5. The summed E-state index contributed by atoms with van der Waals surface area (Å²) in [7, 11) is 0. The smallest absolute Gasteiger partial charge is 0.343 e. The summed E-state index contributed by atoms with van der Waals surface area (Å²) in [6.45, 7) is 2.76. The molecule has 0 radical (unpaired) electrons. The second-order valence-corrected chi connectivity index (χ2v) is 8.00. The van der Waals surface area contributed by atoms with Gasteiger partial charge in [0.15, 0.2) is 0 Å². The van der Waals surface area contributed by atoms with Crippen molar-refractivity contribution in [3.05, 3.63) is 83.7 Å². The Morgan fingerprint density at radius 2 is 1.41 bits per heavy atom. The molecule has 34 heavy (non-hydrogen) atoms. The SMILES string of the molecule is CCCCCOc1ccc(C(=O)Oc2ccc(C(=O)Oc3ccc(SC#N)c(F)c3)cc2)cc1. The predicted octanol–water partition coefficient (Wildman–Crippen LogP) is 6.41. The molecule has 174 valence electrons. The van der Waals surface area contributed by atoms with E-state index in [0.717, 1.165) is 25.3 Å². The Labute approximate surface area is 201 Å². The van der Waals surface area contributed by atoms with Crippen LogP contribution in [0.15, 0.2) is 71.6 Å². The van der Waals surface area contributed by atoms with Gasteiger partial charge in [-0.3, -0.25) is 0 Å². The number of esters is 2. The van der Waals surface area contributed by atoms with E-state index in [4.69, 9.17) is 19.5 Å². The summed E-state index contributed by atoms with van der Waals surface area (Å²) in [4.78, 5) is 24.8. The number of unbranched alkanes of at least 4 members (excludes halogenated alkanes) is 2. The van der Waals surface area contributed by atoms with Crippen LogP contribution < -0.4 is 14.2 Å². The van der Waals surface area contributed by atoms with Crippen LogP contribution in [0.3, 0.4) is 0 Å². The molecule has 3 aromatic carbocycles. The number of carbonyl (C=O) groups excluding carboxylic acids is 2. The Morgan fingerprint density at radius 1 is 0.853 bits per heavy atom. The van der Waals surface area contributed by atoms with E-state index in [1.807, 2.05) is 0 Å². The molecule has 0 N–H and O–H groups in total. The third-order valence-electron chi connectivity index (χ3n) is 4.68. The van der Waals surface area contributed by atoms with E-state index in [1.54, 1.807) is 29.7 Å². The van der Waals surface area contributed by atoms with Gasteiger partial charge in [0.1, 0.15) is 28.5 Å². The highest BCUT2D eigenvalue weighted by molar-refractivity contribution is 8.03. The van der Waals surface area contributed by atoms with Crippen molar-refractivity contribution in [2.24, 2.45) is 0 Å². The lowest BCUT2D eigenvalue weighted by molar-refractivity contribution is 0.0730. The fourth-order valence-electron chi connectivity index (χ4n) is 2.90. The van der Waals surface area contributed by atoms with E-state index in [-0.39, 0.29) is 22.0 Å². The van der Waals surface area contributed by atoms with Crippen molar-refractivity contribution in [1.82, 2.24) is 0 Å². The number of halogens is 1. The minimum atomic E-state index is -0.701. The van der Waals surface area contributed by atoms with Crippen LogP contribution in [0.2, 0.25) is 0 Å². The van der Waals surface area contributed by atoms with Gasteiger partial charge in [0.25, 0.3) is 0 Å². The van der Waals surface area contributed by atoms with E-state index in [1.165, 1.54) is 36.4 Å². The Hall–Kier alpha value is -3.83. The molecule has 0 saturated heterocycles. The van der Waals surface area contributed by atoms with Crippen molar-refractivity contribution in [2.45, 2.75) is 31.1 Å². The molecule has 0 spiro atoms. The summed E-state index contributed by atoms with van der Waals surface area (Å²) >= 11 is 0.678. The number of rotatable bonds is 10. The number of nitriles is 1. The minimum absolute atomic E-state index is 0.0121. The first-order valence-electron chi connectivity index (χ1n) is 10.6.